The third-order valence-corrected chi connectivity index (χ3v) is 6.01. The lowest BCUT2D eigenvalue weighted by Gasteiger charge is -2.43. The third-order valence-electron chi connectivity index (χ3n) is 3.32. The first kappa shape index (κ1) is 25.3. The fourth-order valence-electron chi connectivity index (χ4n) is 1.69. The van der Waals surface area contributed by atoms with Crippen LogP contribution in [0.15, 0.2) is 0 Å². The molecule has 0 aliphatic heterocycles. The molecule has 0 fully saturated rings. The second-order valence-corrected chi connectivity index (χ2v) is 7.89. The van der Waals surface area contributed by atoms with Gasteiger partial charge >= 0.3 is 44.0 Å². The van der Waals surface area contributed by atoms with E-state index in [2.05, 4.69) is 13.3 Å². The van der Waals surface area contributed by atoms with Crippen molar-refractivity contribution < 1.29 is 66.0 Å². The quantitative estimate of drug-likeness (QED) is 0.400. The van der Waals surface area contributed by atoms with Crippen LogP contribution in [0.25, 0.3) is 0 Å². The van der Waals surface area contributed by atoms with Crippen LogP contribution >= 0.6 is 0 Å². The first-order chi connectivity index (χ1) is 11.2. The van der Waals surface area contributed by atoms with Crippen molar-refractivity contribution >= 4 is 8.80 Å². The molecular formula is C10H12F12O3Si. The maximum absolute atomic E-state index is 13.9. The number of halogens is 12. The van der Waals surface area contributed by atoms with Gasteiger partial charge in [-0.25, -0.2) is 0 Å². The zero-order chi connectivity index (χ0) is 21.6. The van der Waals surface area contributed by atoms with Crippen molar-refractivity contribution in [2.45, 2.75) is 42.1 Å². The highest BCUT2D eigenvalue weighted by molar-refractivity contribution is 6.63. The summed E-state index contributed by atoms with van der Waals surface area (Å²) in [5, 5.41) is 0. The molecule has 0 heterocycles. The van der Waals surface area contributed by atoms with Crippen molar-refractivity contribution in [1.82, 2.24) is 0 Å². The lowest BCUT2D eigenvalue weighted by atomic mass is 9.95. The van der Waals surface area contributed by atoms with E-state index in [1.165, 1.54) is 0 Å². The Morgan fingerprint density at radius 3 is 1.00 bits per heavy atom. The second-order valence-electron chi connectivity index (χ2n) is 4.93. The molecule has 0 aromatic heterocycles. The van der Waals surface area contributed by atoms with Gasteiger partial charge in [0.25, 0.3) is 0 Å². The fourth-order valence-corrected chi connectivity index (χ4v) is 3.50. The Bertz CT molecular complexity index is 468. The molecular weight excluding hydrogens is 424 g/mol. The van der Waals surface area contributed by atoms with Crippen LogP contribution < -0.4 is 0 Å². The van der Waals surface area contributed by atoms with Crippen LogP contribution in [0.5, 0.6) is 0 Å². The van der Waals surface area contributed by atoms with Crippen molar-refractivity contribution in [2.75, 3.05) is 21.3 Å². The van der Waals surface area contributed by atoms with E-state index >= 15 is 0 Å². The Hall–Kier alpha value is -0.743. The molecule has 0 amide bonds. The molecule has 0 bridgehead atoms. The molecule has 0 N–H and O–H groups in total. The van der Waals surface area contributed by atoms with Crippen molar-refractivity contribution in [1.29, 1.82) is 0 Å². The molecule has 16 heteroatoms. The highest BCUT2D eigenvalue weighted by atomic mass is 28.4. The molecule has 0 spiro atoms. The predicted molar refractivity (Wildman–Crippen MR) is 62.1 cm³/mol. The molecule has 0 rings (SSSR count). The smallest absolute Gasteiger partial charge is 0.373 e. The van der Waals surface area contributed by atoms with E-state index in [-0.39, 0.29) is 21.3 Å². The lowest BCUT2D eigenvalue weighted by Crippen LogP contribution is -2.76. The lowest BCUT2D eigenvalue weighted by molar-refractivity contribution is -0.418. The van der Waals surface area contributed by atoms with Crippen molar-refractivity contribution in [3.05, 3.63) is 0 Å². The minimum atomic E-state index is -7.68. The van der Waals surface area contributed by atoms with Crippen LogP contribution in [0.3, 0.4) is 0 Å². The maximum Gasteiger partial charge on any atom is 0.581 e. The Morgan fingerprint density at radius 1 is 0.500 bits per heavy atom. The number of hydrogen-bond acceptors (Lipinski definition) is 3. The Labute approximate surface area is 139 Å². The molecule has 0 unspecified atom stereocenters. The first-order valence-corrected chi connectivity index (χ1v) is 7.83. The van der Waals surface area contributed by atoms with E-state index < -0.39 is 50.9 Å². The topological polar surface area (TPSA) is 27.7 Å². The van der Waals surface area contributed by atoms with Gasteiger partial charge in [-0.15, -0.1) is 0 Å². The van der Waals surface area contributed by atoms with Crippen LogP contribution in [0.2, 0.25) is 0 Å². The number of rotatable bonds is 9. The molecule has 0 atom stereocenters. The Morgan fingerprint density at radius 2 is 0.769 bits per heavy atom. The normalized spacial score (nSPS) is 16.2. The highest BCUT2D eigenvalue weighted by Crippen LogP contribution is 2.61. The number of hydrogen-bond donors (Lipinski definition) is 0. The molecule has 0 saturated carbocycles. The minimum absolute atomic E-state index is 0.203. The zero-order valence-corrected chi connectivity index (χ0v) is 14.3. The van der Waals surface area contributed by atoms with Gasteiger partial charge in [0.15, 0.2) is 0 Å². The van der Waals surface area contributed by atoms with Gasteiger partial charge in [-0.2, -0.15) is 52.7 Å². The standard InChI is InChI=1S/C10H12F12O3Si/c1-5(11,12)6(13,14)7(15,16)8(17,18)9(19,20)10(21,22)26(23-2,24-3)25-4/h1-4H3. The van der Waals surface area contributed by atoms with Crippen LogP contribution in [0.1, 0.15) is 6.92 Å². The maximum atomic E-state index is 13.9. The predicted octanol–water partition coefficient (Wildman–Crippen LogP) is 4.24. The zero-order valence-electron chi connectivity index (χ0n) is 13.3. The molecule has 3 nitrogen and oxygen atoms in total. The first-order valence-electron chi connectivity index (χ1n) is 6.10. The molecule has 0 aliphatic carbocycles. The summed E-state index contributed by atoms with van der Waals surface area (Å²) in [6, 6.07) is 0. The van der Waals surface area contributed by atoms with E-state index in [0.717, 1.165) is 0 Å². The molecule has 0 aromatic rings. The summed E-state index contributed by atoms with van der Waals surface area (Å²) in [6.45, 7) is -0.980. The molecule has 0 radical (unpaired) electrons. The van der Waals surface area contributed by atoms with Crippen LogP contribution in [-0.4, -0.2) is 65.3 Å². The van der Waals surface area contributed by atoms with Gasteiger partial charge < -0.3 is 13.3 Å². The van der Waals surface area contributed by atoms with E-state index in [0.29, 0.717) is 0 Å². The van der Waals surface area contributed by atoms with Crippen molar-refractivity contribution in [3.63, 3.8) is 0 Å². The van der Waals surface area contributed by atoms with Gasteiger partial charge in [0.05, 0.1) is 0 Å². The van der Waals surface area contributed by atoms with Gasteiger partial charge in [-0.3, -0.25) is 0 Å². The van der Waals surface area contributed by atoms with Crippen LogP contribution in [0.4, 0.5) is 52.7 Å². The van der Waals surface area contributed by atoms with Gasteiger partial charge in [0.1, 0.15) is 0 Å². The average molecular weight is 436 g/mol. The largest absolute Gasteiger partial charge is 0.581 e. The summed E-state index contributed by atoms with van der Waals surface area (Å²) in [5.41, 5.74) is -6.43. The average Bonchev–Trinajstić information content (AvgIpc) is 2.47. The van der Waals surface area contributed by atoms with E-state index in [1.807, 2.05) is 0 Å². The van der Waals surface area contributed by atoms with E-state index in [4.69, 9.17) is 0 Å². The highest BCUT2D eigenvalue weighted by Gasteiger charge is 2.93. The summed E-state index contributed by atoms with van der Waals surface area (Å²) >= 11 is 0. The van der Waals surface area contributed by atoms with Gasteiger partial charge in [-0.1, -0.05) is 0 Å². The van der Waals surface area contributed by atoms with Crippen molar-refractivity contribution in [3.8, 4) is 0 Å². The fraction of sp³-hybridized carbons (Fsp3) is 1.00. The van der Waals surface area contributed by atoms with Crippen LogP contribution in [0, 0.1) is 0 Å². The monoisotopic (exact) mass is 436 g/mol. The summed E-state index contributed by atoms with van der Waals surface area (Å²) in [6.07, 6.45) is 0. The summed E-state index contributed by atoms with van der Waals surface area (Å²) in [7, 11) is -5.60. The van der Waals surface area contributed by atoms with E-state index in [9.17, 15) is 52.7 Å². The molecule has 0 saturated heterocycles. The Balaban J connectivity index is 6.59. The molecule has 0 aromatic carbocycles. The summed E-state index contributed by atoms with van der Waals surface area (Å²) in [4.78, 5) is 0. The summed E-state index contributed by atoms with van der Waals surface area (Å²) < 4.78 is 171. The second kappa shape index (κ2) is 6.70. The molecule has 26 heavy (non-hydrogen) atoms. The SMILES string of the molecule is CO[Si](OC)(OC)C(F)(F)C(F)(F)C(F)(F)C(F)(F)C(F)(F)C(C)(F)F. The van der Waals surface area contributed by atoms with E-state index in [1.54, 1.807) is 0 Å². The molecule has 0 aliphatic rings. The molecule has 158 valence electrons. The van der Waals surface area contributed by atoms with Gasteiger partial charge in [0, 0.05) is 28.3 Å². The van der Waals surface area contributed by atoms with Gasteiger partial charge in [0.2, 0.25) is 0 Å². The Kier molecular flexibility index (Phi) is 6.51. The minimum Gasteiger partial charge on any atom is -0.373 e. The van der Waals surface area contributed by atoms with Crippen LogP contribution in [-0.2, 0) is 13.3 Å². The third kappa shape index (κ3) is 2.97. The summed E-state index contributed by atoms with van der Waals surface area (Å²) in [5.74, 6) is -35.7. The van der Waals surface area contributed by atoms with Gasteiger partial charge in [-0.05, 0) is 0 Å². The number of alkyl halides is 12. The van der Waals surface area contributed by atoms with Crippen molar-refractivity contribution in [2.24, 2.45) is 0 Å².